The number of carbonyl (C=O) groups is 3. The largest absolute Gasteiger partial charge is 0.452 e. The highest BCUT2D eigenvalue weighted by atomic mass is 32.2. The number of ether oxygens (including phenoxy) is 1. The molecule has 0 aromatic heterocycles. The van der Waals surface area contributed by atoms with E-state index in [1.165, 1.54) is 16.7 Å². The molecule has 38 heavy (non-hydrogen) atoms. The van der Waals surface area contributed by atoms with Gasteiger partial charge in [-0.15, -0.1) is 11.8 Å². The van der Waals surface area contributed by atoms with Crippen molar-refractivity contribution in [3.63, 3.8) is 0 Å². The third-order valence-electron chi connectivity index (χ3n) is 5.42. The van der Waals surface area contributed by atoms with Gasteiger partial charge in [-0.2, -0.15) is 10.5 Å². The molecule has 0 fully saturated rings. The topological polar surface area (TPSA) is 114 Å². The number of anilines is 2. The van der Waals surface area contributed by atoms with E-state index < -0.39 is 18.5 Å². The van der Waals surface area contributed by atoms with Crippen molar-refractivity contribution in [1.29, 1.82) is 10.5 Å². The molecule has 2 amide bonds. The standard InChI is InChI=1S/C29H26N4O4S/c30-17-9-19-32(23-11-3-1-4-12-23)27(34)21-37-29(36)25-15-7-8-16-26(25)38-22-28(35)33(20-10-18-31)24-13-5-2-6-14-24/h1-8,11-16H,9-10,19-22H2. The highest BCUT2D eigenvalue weighted by Gasteiger charge is 2.21. The van der Waals surface area contributed by atoms with Gasteiger partial charge in [-0.3, -0.25) is 9.59 Å². The van der Waals surface area contributed by atoms with Crippen LogP contribution in [0, 0.1) is 22.7 Å². The highest BCUT2D eigenvalue weighted by Crippen LogP contribution is 2.25. The predicted molar refractivity (Wildman–Crippen MR) is 145 cm³/mol. The van der Waals surface area contributed by atoms with Crippen molar-refractivity contribution >= 4 is 40.9 Å². The minimum absolute atomic E-state index is 0.0412. The van der Waals surface area contributed by atoms with E-state index in [9.17, 15) is 14.4 Å². The van der Waals surface area contributed by atoms with Crippen molar-refractivity contribution in [2.45, 2.75) is 17.7 Å². The Balaban J connectivity index is 1.65. The number of hydrogen-bond donors (Lipinski definition) is 0. The summed E-state index contributed by atoms with van der Waals surface area (Å²) in [6.45, 7) is -0.0579. The van der Waals surface area contributed by atoms with Crippen molar-refractivity contribution in [3.05, 3.63) is 90.5 Å². The van der Waals surface area contributed by atoms with Crippen molar-refractivity contribution in [1.82, 2.24) is 0 Å². The Bertz CT molecular complexity index is 1320. The molecule has 0 N–H and O–H groups in total. The van der Waals surface area contributed by atoms with Crippen LogP contribution in [-0.4, -0.2) is 43.2 Å². The third-order valence-corrected chi connectivity index (χ3v) is 6.48. The summed E-state index contributed by atoms with van der Waals surface area (Å²) in [5, 5.41) is 17.9. The molecule has 3 aromatic rings. The molecule has 3 rings (SSSR count). The molecular formula is C29H26N4O4S. The summed E-state index contributed by atoms with van der Waals surface area (Å²) in [7, 11) is 0. The molecule has 9 heteroatoms. The Morgan fingerprint density at radius 1 is 0.711 bits per heavy atom. The second kappa shape index (κ2) is 14.8. The zero-order valence-corrected chi connectivity index (χ0v) is 21.5. The quantitative estimate of drug-likeness (QED) is 0.245. The minimum Gasteiger partial charge on any atom is -0.452 e. The Morgan fingerprint density at radius 3 is 1.76 bits per heavy atom. The number of thioether (sulfide) groups is 1. The van der Waals surface area contributed by atoms with Crippen LogP contribution >= 0.6 is 11.8 Å². The lowest BCUT2D eigenvalue weighted by Gasteiger charge is -2.22. The van der Waals surface area contributed by atoms with Crippen molar-refractivity contribution < 1.29 is 19.1 Å². The first-order chi connectivity index (χ1) is 18.5. The van der Waals surface area contributed by atoms with E-state index >= 15 is 0 Å². The van der Waals surface area contributed by atoms with Crippen LogP contribution in [0.5, 0.6) is 0 Å². The Labute approximate surface area is 226 Å². The average Bonchev–Trinajstić information content (AvgIpc) is 2.96. The van der Waals surface area contributed by atoms with Crippen LogP contribution in [0.1, 0.15) is 23.2 Å². The number of para-hydroxylation sites is 2. The van der Waals surface area contributed by atoms with Crippen LogP contribution in [-0.2, 0) is 14.3 Å². The summed E-state index contributed by atoms with van der Waals surface area (Å²) in [5.74, 6) is -1.30. The predicted octanol–water partition coefficient (Wildman–Crippen LogP) is 4.83. The number of hydrogen-bond acceptors (Lipinski definition) is 7. The van der Waals surface area contributed by atoms with E-state index in [0.29, 0.717) is 16.3 Å². The summed E-state index contributed by atoms with van der Waals surface area (Å²) in [6.07, 6.45) is 0.326. The van der Waals surface area contributed by atoms with Crippen LogP contribution in [0.15, 0.2) is 89.8 Å². The smallest absolute Gasteiger partial charge is 0.339 e. The molecule has 0 heterocycles. The van der Waals surface area contributed by atoms with E-state index in [-0.39, 0.29) is 43.2 Å². The molecule has 0 saturated heterocycles. The minimum atomic E-state index is -0.688. The normalized spacial score (nSPS) is 10.1. The summed E-state index contributed by atoms with van der Waals surface area (Å²) >= 11 is 1.18. The maximum absolute atomic E-state index is 13.0. The summed E-state index contributed by atoms with van der Waals surface area (Å²) < 4.78 is 5.33. The number of nitrogens with zero attached hydrogens (tertiary/aromatic N) is 4. The number of nitriles is 2. The fraction of sp³-hybridized carbons (Fsp3) is 0.207. The van der Waals surface area contributed by atoms with Crippen LogP contribution in [0.25, 0.3) is 0 Å². The molecule has 192 valence electrons. The Kier molecular flexibility index (Phi) is 10.9. The van der Waals surface area contributed by atoms with Crippen molar-refractivity contribution in [2.24, 2.45) is 0 Å². The summed E-state index contributed by atoms with van der Waals surface area (Å²) in [6, 6.07) is 28.8. The van der Waals surface area contributed by atoms with Gasteiger partial charge in [-0.05, 0) is 36.4 Å². The monoisotopic (exact) mass is 526 g/mol. The first-order valence-corrected chi connectivity index (χ1v) is 12.9. The first-order valence-electron chi connectivity index (χ1n) is 11.9. The number of benzene rings is 3. The van der Waals surface area contributed by atoms with E-state index in [1.807, 2.05) is 30.3 Å². The van der Waals surface area contributed by atoms with Gasteiger partial charge in [-0.1, -0.05) is 48.5 Å². The molecule has 0 aliphatic heterocycles. The van der Waals surface area contributed by atoms with Crippen LogP contribution in [0.4, 0.5) is 11.4 Å². The molecule has 8 nitrogen and oxygen atoms in total. The fourth-order valence-electron chi connectivity index (χ4n) is 3.60. The lowest BCUT2D eigenvalue weighted by atomic mass is 10.2. The maximum atomic E-state index is 13.0. The number of esters is 1. The highest BCUT2D eigenvalue weighted by molar-refractivity contribution is 8.00. The lowest BCUT2D eigenvalue weighted by molar-refractivity contribution is -0.121. The SMILES string of the molecule is N#CCCN(C(=O)COC(=O)c1ccccc1SCC(=O)N(CCC#N)c1ccccc1)c1ccccc1. The molecule has 3 aromatic carbocycles. The zero-order chi connectivity index (χ0) is 27.2. The van der Waals surface area contributed by atoms with Gasteiger partial charge in [0.15, 0.2) is 6.61 Å². The van der Waals surface area contributed by atoms with Gasteiger partial charge in [-0.25, -0.2) is 4.79 Å². The van der Waals surface area contributed by atoms with Crippen molar-refractivity contribution in [3.8, 4) is 12.1 Å². The first kappa shape index (κ1) is 28.0. The molecule has 0 aliphatic carbocycles. The Hall–Kier alpha value is -4.60. The molecule has 0 bridgehead atoms. The van der Waals surface area contributed by atoms with Crippen LogP contribution < -0.4 is 9.80 Å². The van der Waals surface area contributed by atoms with Gasteiger partial charge in [0.25, 0.3) is 5.91 Å². The molecule has 0 atom stereocenters. The van der Waals surface area contributed by atoms with E-state index in [4.69, 9.17) is 15.3 Å². The maximum Gasteiger partial charge on any atom is 0.339 e. The second-order valence-corrected chi connectivity index (χ2v) is 8.96. The van der Waals surface area contributed by atoms with E-state index in [1.54, 1.807) is 65.6 Å². The van der Waals surface area contributed by atoms with Crippen molar-refractivity contribution in [2.75, 3.05) is 35.2 Å². The zero-order valence-electron chi connectivity index (χ0n) is 20.7. The fourth-order valence-corrected chi connectivity index (χ4v) is 4.51. The molecule has 0 unspecified atom stereocenters. The Morgan fingerprint density at radius 2 is 1.21 bits per heavy atom. The second-order valence-electron chi connectivity index (χ2n) is 7.94. The molecule has 0 saturated carbocycles. The van der Waals surface area contributed by atoms with Gasteiger partial charge in [0.2, 0.25) is 5.91 Å². The molecular weight excluding hydrogens is 500 g/mol. The van der Waals surface area contributed by atoms with Gasteiger partial charge < -0.3 is 14.5 Å². The van der Waals surface area contributed by atoms with E-state index in [2.05, 4.69) is 6.07 Å². The van der Waals surface area contributed by atoms with Gasteiger partial charge in [0, 0.05) is 29.4 Å². The molecule has 0 aliphatic rings. The van der Waals surface area contributed by atoms with Gasteiger partial charge >= 0.3 is 5.97 Å². The van der Waals surface area contributed by atoms with Crippen LogP contribution in [0.2, 0.25) is 0 Å². The molecule has 0 spiro atoms. The number of amides is 2. The number of carbonyl (C=O) groups excluding carboxylic acids is 3. The van der Waals surface area contributed by atoms with Gasteiger partial charge in [0.05, 0.1) is 36.3 Å². The third kappa shape index (κ3) is 7.95. The number of rotatable bonds is 12. The average molecular weight is 527 g/mol. The van der Waals surface area contributed by atoms with Crippen LogP contribution in [0.3, 0.4) is 0 Å². The summed E-state index contributed by atoms with van der Waals surface area (Å²) in [4.78, 5) is 42.3. The van der Waals surface area contributed by atoms with Gasteiger partial charge in [0.1, 0.15) is 0 Å². The van der Waals surface area contributed by atoms with E-state index in [0.717, 1.165) is 0 Å². The summed E-state index contributed by atoms with van der Waals surface area (Å²) in [5.41, 5.74) is 1.54. The lowest BCUT2D eigenvalue weighted by Crippen LogP contribution is -2.35. The molecule has 0 radical (unpaired) electrons.